The number of hydrogen-bond donors (Lipinski definition) is 2. The van der Waals surface area contributed by atoms with E-state index >= 15 is 0 Å². The Morgan fingerprint density at radius 2 is 1.74 bits per heavy atom. The number of carbonyl (C=O) groups is 2. The molecule has 0 bridgehead atoms. The average Bonchev–Trinajstić information content (AvgIpc) is 3.88. The molecular formula is C42H47ClN4O6. The molecule has 1 saturated heterocycles. The Balaban J connectivity index is 1.10. The molecule has 3 heterocycles. The van der Waals surface area contributed by atoms with Crippen LogP contribution in [0.4, 0.5) is 0 Å². The van der Waals surface area contributed by atoms with Crippen molar-refractivity contribution in [1.29, 1.82) is 0 Å². The Hall–Kier alpha value is -4.51. The highest BCUT2D eigenvalue weighted by Crippen LogP contribution is 2.44. The van der Waals surface area contributed by atoms with Crippen molar-refractivity contribution in [3.8, 4) is 40.0 Å². The number of halogens is 1. The number of carboxylic acids is 1. The van der Waals surface area contributed by atoms with Gasteiger partial charge in [-0.25, -0.2) is 4.98 Å². The quantitative estimate of drug-likeness (QED) is 0.141. The zero-order chi connectivity index (χ0) is 37.3. The highest BCUT2D eigenvalue weighted by Gasteiger charge is 2.43. The molecule has 0 radical (unpaired) electrons. The maximum absolute atomic E-state index is 12.1. The van der Waals surface area contributed by atoms with E-state index in [0.717, 1.165) is 76.9 Å². The molecule has 3 atom stereocenters. The van der Waals surface area contributed by atoms with Gasteiger partial charge in [0.15, 0.2) is 0 Å². The van der Waals surface area contributed by atoms with E-state index in [1.54, 1.807) is 21.1 Å². The van der Waals surface area contributed by atoms with Crippen LogP contribution in [0.3, 0.4) is 0 Å². The molecule has 0 unspecified atom stereocenters. The Bertz CT molecular complexity index is 2040. The summed E-state index contributed by atoms with van der Waals surface area (Å²) in [6.07, 6.45) is 5.13. The predicted octanol–water partition coefficient (Wildman–Crippen LogP) is 7.75. The van der Waals surface area contributed by atoms with Gasteiger partial charge in [0.2, 0.25) is 17.6 Å². The highest BCUT2D eigenvalue weighted by atomic mass is 35.5. The van der Waals surface area contributed by atoms with E-state index in [-0.39, 0.29) is 6.10 Å². The second kappa shape index (κ2) is 15.5. The minimum atomic E-state index is -0.910. The number of pyridine rings is 2. The number of aryl methyl sites for hydroxylation is 1. The minimum absolute atomic E-state index is 0.205. The minimum Gasteiger partial charge on any atom is -0.481 e. The van der Waals surface area contributed by atoms with E-state index in [0.29, 0.717) is 73.3 Å². The first kappa shape index (κ1) is 36.8. The van der Waals surface area contributed by atoms with Crippen molar-refractivity contribution in [1.82, 2.24) is 20.2 Å². The summed E-state index contributed by atoms with van der Waals surface area (Å²) in [5.74, 6) is 1.43. The van der Waals surface area contributed by atoms with E-state index in [2.05, 4.69) is 17.4 Å². The van der Waals surface area contributed by atoms with Crippen LogP contribution in [-0.4, -0.2) is 64.6 Å². The fourth-order valence-corrected chi connectivity index (χ4v) is 8.56. The molecule has 7 rings (SSSR count). The van der Waals surface area contributed by atoms with Crippen molar-refractivity contribution in [2.45, 2.75) is 83.5 Å². The maximum Gasteiger partial charge on any atom is 0.323 e. The standard InChI is InChI=1S/C42H47ClN4O6/c1-25-20-28(24-47-19-7-18-42(47,2)41(49)50)40(52-4)46-38(25)53-36-17-15-31-30(8-5-9-32(31)36)33-10-6-11-34(37(33)43)35-16-13-27(39(45-35)51-3)23-44-22-26-12-14-29(48)21-26/h5-6,8-11,13,16,20,26,36,44H,7,12,14-15,17-19,21-24H2,1-4H3,(H,49,50)/t26-,36+,42-/m1/s1. The number of carboxylic acid groups (broad SMARTS) is 1. The summed E-state index contributed by atoms with van der Waals surface area (Å²) in [4.78, 5) is 35.4. The summed E-state index contributed by atoms with van der Waals surface area (Å²) in [5.41, 5.74) is 7.56. The van der Waals surface area contributed by atoms with Gasteiger partial charge in [0.1, 0.15) is 17.4 Å². The molecule has 1 aliphatic heterocycles. The molecule has 1 saturated carbocycles. The second-order valence-electron chi connectivity index (χ2n) is 14.7. The average molecular weight is 739 g/mol. The Labute approximate surface area is 315 Å². The summed E-state index contributed by atoms with van der Waals surface area (Å²) in [5, 5.41) is 14.0. The van der Waals surface area contributed by atoms with Crippen LogP contribution in [0.25, 0.3) is 22.4 Å². The molecule has 278 valence electrons. The summed E-state index contributed by atoms with van der Waals surface area (Å²) in [7, 11) is 3.21. The van der Waals surface area contributed by atoms with Gasteiger partial charge in [0.05, 0.1) is 24.9 Å². The van der Waals surface area contributed by atoms with Gasteiger partial charge < -0.3 is 24.6 Å². The van der Waals surface area contributed by atoms with Crippen LogP contribution in [0.2, 0.25) is 5.02 Å². The molecule has 11 heteroatoms. The molecule has 2 aromatic carbocycles. The van der Waals surface area contributed by atoms with Crippen molar-refractivity contribution >= 4 is 23.4 Å². The number of Topliss-reactive ketones (excluding diaryl/α,β-unsaturated/α-hetero) is 1. The van der Waals surface area contributed by atoms with Gasteiger partial charge in [-0.05, 0) is 93.8 Å². The number of benzene rings is 2. The van der Waals surface area contributed by atoms with E-state index in [1.165, 1.54) is 5.56 Å². The van der Waals surface area contributed by atoms with E-state index in [9.17, 15) is 14.7 Å². The Morgan fingerprint density at radius 1 is 0.981 bits per heavy atom. The zero-order valence-corrected chi connectivity index (χ0v) is 31.6. The van der Waals surface area contributed by atoms with Gasteiger partial charge in [0, 0.05) is 53.7 Å². The van der Waals surface area contributed by atoms with Crippen LogP contribution in [0, 0.1) is 12.8 Å². The number of ether oxygens (including phenoxy) is 3. The number of carbonyl (C=O) groups excluding carboxylic acids is 1. The van der Waals surface area contributed by atoms with Gasteiger partial charge in [-0.3, -0.25) is 14.5 Å². The summed E-state index contributed by atoms with van der Waals surface area (Å²) in [6, 6.07) is 18.3. The molecule has 3 aliphatic rings. The van der Waals surface area contributed by atoms with Crippen molar-refractivity contribution in [3.63, 3.8) is 0 Å². The van der Waals surface area contributed by atoms with Gasteiger partial charge in [-0.15, -0.1) is 0 Å². The number of methoxy groups -OCH3 is 2. The lowest BCUT2D eigenvalue weighted by Gasteiger charge is -2.31. The number of rotatable bonds is 13. The third-order valence-electron chi connectivity index (χ3n) is 11.3. The van der Waals surface area contributed by atoms with E-state index < -0.39 is 11.5 Å². The number of ketones is 1. The summed E-state index contributed by atoms with van der Waals surface area (Å²) >= 11 is 7.20. The van der Waals surface area contributed by atoms with Crippen molar-refractivity contribution in [2.75, 3.05) is 27.3 Å². The van der Waals surface area contributed by atoms with Crippen LogP contribution in [0.1, 0.15) is 79.4 Å². The molecule has 4 aromatic rings. The van der Waals surface area contributed by atoms with E-state index in [4.69, 9.17) is 35.8 Å². The first-order valence-electron chi connectivity index (χ1n) is 18.5. The third-order valence-corrected chi connectivity index (χ3v) is 11.7. The molecular weight excluding hydrogens is 692 g/mol. The molecule has 10 nitrogen and oxygen atoms in total. The molecule has 2 fully saturated rings. The normalized spacial score (nSPS) is 21.2. The highest BCUT2D eigenvalue weighted by molar-refractivity contribution is 6.36. The largest absolute Gasteiger partial charge is 0.481 e. The lowest BCUT2D eigenvalue weighted by molar-refractivity contribution is -0.149. The fraction of sp³-hybridized carbons (Fsp3) is 0.429. The molecule has 2 N–H and O–H groups in total. The molecule has 2 aliphatic carbocycles. The Morgan fingerprint density at radius 3 is 2.49 bits per heavy atom. The number of fused-ring (bicyclic) bond motifs is 1. The van der Waals surface area contributed by atoms with Gasteiger partial charge in [-0.1, -0.05) is 54.1 Å². The summed E-state index contributed by atoms with van der Waals surface area (Å²) in [6.45, 7) is 6.29. The fourth-order valence-electron chi connectivity index (χ4n) is 8.24. The van der Waals surface area contributed by atoms with Crippen LogP contribution in [0.15, 0.2) is 54.6 Å². The number of aliphatic carboxylic acids is 1. The lowest BCUT2D eigenvalue weighted by atomic mass is 9.94. The molecule has 0 spiro atoms. The van der Waals surface area contributed by atoms with Crippen molar-refractivity contribution in [3.05, 3.63) is 87.4 Å². The number of hydrogen-bond acceptors (Lipinski definition) is 9. The van der Waals surface area contributed by atoms with E-state index in [1.807, 2.05) is 54.3 Å². The number of likely N-dealkylation sites (tertiary alicyclic amines) is 1. The van der Waals surface area contributed by atoms with Crippen LogP contribution in [-0.2, 0) is 29.1 Å². The monoisotopic (exact) mass is 738 g/mol. The first-order chi connectivity index (χ1) is 25.6. The van der Waals surface area contributed by atoms with Gasteiger partial charge in [-0.2, -0.15) is 4.98 Å². The lowest BCUT2D eigenvalue weighted by Crippen LogP contribution is -2.47. The number of nitrogens with one attached hydrogen (secondary N) is 1. The first-order valence-corrected chi connectivity index (χ1v) is 18.8. The van der Waals surface area contributed by atoms with Gasteiger partial charge >= 0.3 is 5.97 Å². The summed E-state index contributed by atoms with van der Waals surface area (Å²) < 4.78 is 18.0. The second-order valence-corrected chi connectivity index (χ2v) is 15.1. The van der Waals surface area contributed by atoms with Crippen LogP contribution in [0.5, 0.6) is 17.6 Å². The molecule has 2 aromatic heterocycles. The zero-order valence-electron chi connectivity index (χ0n) is 30.8. The van der Waals surface area contributed by atoms with Gasteiger partial charge in [0.25, 0.3) is 0 Å². The molecule has 53 heavy (non-hydrogen) atoms. The van der Waals surface area contributed by atoms with Crippen molar-refractivity contribution < 1.29 is 28.9 Å². The predicted molar refractivity (Wildman–Crippen MR) is 204 cm³/mol. The van der Waals surface area contributed by atoms with Crippen molar-refractivity contribution in [2.24, 2.45) is 5.92 Å². The molecule has 0 amide bonds. The topological polar surface area (TPSA) is 123 Å². The maximum atomic E-state index is 12.1. The van der Waals surface area contributed by atoms with Crippen LogP contribution >= 0.6 is 11.6 Å². The Kier molecular flexibility index (Phi) is 10.7. The van der Waals surface area contributed by atoms with Crippen LogP contribution < -0.4 is 19.5 Å². The number of aromatic nitrogens is 2. The third kappa shape index (κ3) is 7.37. The SMILES string of the molecule is COc1nc(-c2cccc(-c3cccc4c3CC[C@@H]4Oc3nc(OC)c(CN4CCC[C@]4(C)C(=O)O)cc3C)c2Cl)ccc1CNC[C@@H]1CCC(=O)C1. The number of nitrogens with zero attached hydrogens (tertiary/aromatic N) is 3. The smallest absolute Gasteiger partial charge is 0.323 e.